The summed E-state index contributed by atoms with van der Waals surface area (Å²) in [5.74, 6) is 1.80. The van der Waals surface area contributed by atoms with Gasteiger partial charge in [0.1, 0.15) is 11.5 Å². The van der Waals surface area contributed by atoms with Gasteiger partial charge in [-0.2, -0.15) is 0 Å². The SMILES string of the molecule is c1ccc(N(c2ccccc2)c2ccc(N(c3ccc4c(c3)-c3ccccc3C43c4ccccc4Oc4ccccc43)c3ccc4sc5ccccc5c4c3)cc2)cc1. The molecule has 0 saturated heterocycles. The Labute approximate surface area is 347 Å². The van der Waals surface area contributed by atoms with Crippen molar-refractivity contribution in [2.24, 2.45) is 0 Å². The average Bonchev–Trinajstić information content (AvgIpc) is 3.81. The predicted molar refractivity (Wildman–Crippen MR) is 246 cm³/mol. The molecule has 59 heavy (non-hydrogen) atoms. The highest BCUT2D eigenvalue weighted by atomic mass is 32.1. The summed E-state index contributed by atoms with van der Waals surface area (Å²) in [7, 11) is 0. The molecule has 10 aromatic rings. The van der Waals surface area contributed by atoms with Gasteiger partial charge in [-0.25, -0.2) is 0 Å². The van der Waals surface area contributed by atoms with Crippen molar-refractivity contribution in [3.05, 3.63) is 241 Å². The first-order chi connectivity index (χ1) is 29.3. The number of hydrogen-bond acceptors (Lipinski definition) is 4. The van der Waals surface area contributed by atoms with E-state index in [0.717, 1.165) is 45.6 Å². The van der Waals surface area contributed by atoms with E-state index in [1.807, 2.05) is 11.3 Å². The van der Waals surface area contributed by atoms with E-state index < -0.39 is 5.41 Å². The highest BCUT2D eigenvalue weighted by Crippen LogP contribution is 2.62. The van der Waals surface area contributed by atoms with E-state index in [2.05, 4.69) is 228 Å². The smallest absolute Gasteiger partial charge is 0.132 e. The second-order valence-corrected chi connectivity index (χ2v) is 16.3. The van der Waals surface area contributed by atoms with Gasteiger partial charge in [-0.3, -0.25) is 0 Å². The minimum atomic E-state index is -0.519. The molecule has 0 radical (unpaired) electrons. The summed E-state index contributed by atoms with van der Waals surface area (Å²) in [5, 5.41) is 2.55. The monoisotopic (exact) mass is 772 g/mol. The van der Waals surface area contributed by atoms with Crippen molar-refractivity contribution in [2.45, 2.75) is 5.41 Å². The zero-order valence-electron chi connectivity index (χ0n) is 32.0. The second-order valence-electron chi connectivity index (χ2n) is 15.3. The zero-order valence-corrected chi connectivity index (χ0v) is 32.8. The number of rotatable bonds is 6. The van der Waals surface area contributed by atoms with Crippen LogP contribution in [0.3, 0.4) is 0 Å². The molecular formula is C55H36N2OS. The summed E-state index contributed by atoms with van der Waals surface area (Å²) >= 11 is 1.85. The Kier molecular flexibility index (Phi) is 7.62. The lowest BCUT2D eigenvalue weighted by molar-refractivity contribution is 0.436. The lowest BCUT2D eigenvalue weighted by Gasteiger charge is -2.39. The van der Waals surface area contributed by atoms with Gasteiger partial charge in [0.25, 0.3) is 0 Å². The number of anilines is 6. The molecule has 2 aliphatic rings. The molecule has 3 nitrogen and oxygen atoms in total. The molecule has 0 N–H and O–H groups in total. The van der Waals surface area contributed by atoms with Crippen LogP contribution >= 0.6 is 11.3 Å². The first kappa shape index (κ1) is 33.7. The predicted octanol–water partition coefficient (Wildman–Crippen LogP) is 15.5. The fourth-order valence-electron chi connectivity index (χ4n) is 9.64. The number of fused-ring (bicyclic) bond motifs is 12. The Morgan fingerprint density at radius 1 is 0.322 bits per heavy atom. The first-order valence-corrected chi connectivity index (χ1v) is 20.9. The van der Waals surface area contributed by atoms with Gasteiger partial charge >= 0.3 is 0 Å². The molecule has 4 heteroatoms. The molecule has 2 heterocycles. The van der Waals surface area contributed by atoms with Crippen molar-refractivity contribution in [3.63, 3.8) is 0 Å². The van der Waals surface area contributed by atoms with E-state index in [-0.39, 0.29) is 0 Å². The molecule has 278 valence electrons. The Morgan fingerprint density at radius 2 is 0.780 bits per heavy atom. The summed E-state index contributed by atoms with van der Waals surface area (Å²) in [4.78, 5) is 4.73. The van der Waals surface area contributed by atoms with Crippen LogP contribution in [0.15, 0.2) is 218 Å². The van der Waals surface area contributed by atoms with E-state index in [9.17, 15) is 0 Å². The van der Waals surface area contributed by atoms with Gasteiger partial charge in [0.15, 0.2) is 0 Å². The van der Waals surface area contributed by atoms with E-state index in [4.69, 9.17) is 4.74 Å². The fraction of sp³-hybridized carbons (Fsp3) is 0.0182. The summed E-state index contributed by atoms with van der Waals surface area (Å²) in [5.41, 5.74) is 13.4. The number of ether oxygens (including phenoxy) is 1. The second kappa shape index (κ2) is 13.3. The van der Waals surface area contributed by atoms with Gasteiger partial charge in [-0.15, -0.1) is 11.3 Å². The van der Waals surface area contributed by atoms with Crippen molar-refractivity contribution in [2.75, 3.05) is 9.80 Å². The number of para-hydroxylation sites is 4. The number of thiophene rings is 1. The third-order valence-electron chi connectivity index (χ3n) is 12.1. The Hall–Kier alpha value is -7.40. The van der Waals surface area contributed by atoms with E-state index in [0.29, 0.717) is 0 Å². The largest absolute Gasteiger partial charge is 0.457 e. The lowest BCUT2D eigenvalue weighted by atomic mass is 9.66. The Bertz CT molecular complexity index is 3120. The van der Waals surface area contributed by atoms with Crippen LogP contribution in [0.5, 0.6) is 11.5 Å². The highest BCUT2D eigenvalue weighted by Gasteiger charge is 2.51. The number of nitrogens with zero attached hydrogens (tertiary/aromatic N) is 2. The minimum Gasteiger partial charge on any atom is -0.457 e. The maximum absolute atomic E-state index is 6.60. The molecule has 0 atom stereocenters. The molecular weight excluding hydrogens is 737 g/mol. The van der Waals surface area contributed by atoms with Crippen LogP contribution in [0, 0.1) is 0 Å². The molecule has 1 aliphatic carbocycles. The maximum atomic E-state index is 6.60. The summed E-state index contributed by atoms with van der Waals surface area (Å²) in [6.45, 7) is 0. The van der Waals surface area contributed by atoms with Gasteiger partial charge in [0, 0.05) is 65.4 Å². The molecule has 12 rings (SSSR count). The third-order valence-corrected chi connectivity index (χ3v) is 13.3. The van der Waals surface area contributed by atoms with Crippen molar-refractivity contribution >= 4 is 65.6 Å². The normalized spacial score (nSPS) is 13.0. The average molecular weight is 773 g/mol. The Balaban J connectivity index is 1.07. The fourth-order valence-corrected chi connectivity index (χ4v) is 10.7. The van der Waals surface area contributed by atoms with Crippen LogP contribution in [0.25, 0.3) is 31.3 Å². The standard InChI is InChI=1S/C55H36N2OS/c1-3-15-37(16-4-1)56(38-17-5-2-6-18-38)39-27-29-40(30-28-39)57(42-32-34-54-46(36-42)44-20-8-14-26-53(44)59-54)41-31-33-48-45(35-41)43-19-7-9-21-47(43)55(48)49-22-10-12-24-51(49)58-52-25-13-11-23-50(52)55/h1-36H. The third kappa shape index (κ3) is 5.13. The zero-order chi connectivity index (χ0) is 38.9. The summed E-state index contributed by atoms with van der Waals surface area (Å²) in [6, 6.07) is 79.0. The van der Waals surface area contributed by atoms with Crippen LogP contribution < -0.4 is 14.5 Å². The molecule has 0 unspecified atom stereocenters. The van der Waals surface area contributed by atoms with Crippen LogP contribution in [-0.4, -0.2) is 0 Å². The number of hydrogen-bond donors (Lipinski definition) is 0. The quantitative estimate of drug-likeness (QED) is 0.167. The van der Waals surface area contributed by atoms with Crippen LogP contribution in [0.2, 0.25) is 0 Å². The van der Waals surface area contributed by atoms with Gasteiger partial charge in [-0.05, 0) is 119 Å². The van der Waals surface area contributed by atoms with E-state index in [1.54, 1.807) is 0 Å². The van der Waals surface area contributed by atoms with Gasteiger partial charge < -0.3 is 14.5 Å². The highest BCUT2D eigenvalue weighted by molar-refractivity contribution is 7.25. The van der Waals surface area contributed by atoms with Gasteiger partial charge in [0.2, 0.25) is 0 Å². The van der Waals surface area contributed by atoms with Gasteiger partial charge in [0.05, 0.1) is 5.41 Å². The van der Waals surface area contributed by atoms with Crippen LogP contribution in [0.4, 0.5) is 34.1 Å². The van der Waals surface area contributed by atoms with Crippen molar-refractivity contribution in [3.8, 4) is 22.6 Å². The topological polar surface area (TPSA) is 15.7 Å². The molecule has 0 bridgehead atoms. The van der Waals surface area contributed by atoms with Crippen molar-refractivity contribution in [1.29, 1.82) is 0 Å². The van der Waals surface area contributed by atoms with Crippen LogP contribution in [-0.2, 0) is 5.41 Å². The molecule has 9 aromatic carbocycles. The van der Waals surface area contributed by atoms with E-state index in [1.165, 1.54) is 53.6 Å². The molecule has 0 saturated carbocycles. The molecule has 1 aromatic heterocycles. The van der Waals surface area contributed by atoms with Crippen LogP contribution in [0.1, 0.15) is 22.3 Å². The van der Waals surface area contributed by atoms with Crippen molar-refractivity contribution < 1.29 is 4.74 Å². The summed E-state index contributed by atoms with van der Waals surface area (Å²) < 4.78 is 9.19. The van der Waals surface area contributed by atoms with Gasteiger partial charge in [-0.1, -0.05) is 121 Å². The lowest BCUT2D eigenvalue weighted by Crippen LogP contribution is -2.32. The molecule has 1 spiro atoms. The number of benzene rings is 9. The first-order valence-electron chi connectivity index (χ1n) is 20.1. The minimum absolute atomic E-state index is 0.519. The Morgan fingerprint density at radius 3 is 1.46 bits per heavy atom. The maximum Gasteiger partial charge on any atom is 0.132 e. The molecule has 0 amide bonds. The molecule has 0 fully saturated rings. The van der Waals surface area contributed by atoms with E-state index >= 15 is 0 Å². The van der Waals surface area contributed by atoms with Crippen molar-refractivity contribution in [1.82, 2.24) is 0 Å². The summed E-state index contributed by atoms with van der Waals surface area (Å²) in [6.07, 6.45) is 0. The molecule has 1 aliphatic heterocycles.